The van der Waals surface area contributed by atoms with Crippen molar-refractivity contribution in [2.75, 3.05) is 6.61 Å². The number of rotatable bonds is 6. The molecule has 14 heavy (non-hydrogen) atoms. The Kier molecular flexibility index (Phi) is 3.09. The van der Waals surface area contributed by atoms with Crippen molar-refractivity contribution in [1.82, 2.24) is 0 Å². The third kappa shape index (κ3) is 2.73. The molecule has 2 fully saturated rings. The van der Waals surface area contributed by atoms with E-state index in [-0.39, 0.29) is 5.97 Å². The Hall–Kier alpha value is -0.530. The standard InChI is InChI=1S/C12H20O2/c1-2-14-12(13)8-7-11(9-3-4-9)10-5-6-10/h9-11H,2-8H2,1H3. The predicted octanol–water partition coefficient (Wildman–Crippen LogP) is 2.77. The molecule has 2 saturated carbocycles. The summed E-state index contributed by atoms with van der Waals surface area (Å²) in [5.41, 5.74) is 0. The summed E-state index contributed by atoms with van der Waals surface area (Å²) in [7, 11) is 0. The summed E-state index contributed by atoms with van der Waals surface area (Å²) in [6, 6.07) is 0. The number of hydrogen-bond acceptors (Lipinski definition) is 2. The van der Waals surface area contributed by atoms with Gasteiger partial charge in [-0.25, -0.2) is 0 Å². The van der Waals surface area contributed by atoms with Crippen LogP contribution in [-0.2, 0) is 9.53 Å². The van der Waals surface area contributed by atoms with E-state index in [9.17, 15) is 4.79 Å². The van der Waals surface area contributed by atoms with Crippen LogP contribution in [0.1, 0.15) is 45.4 Å². The molecule has 80 valence electrons. The Morgan fingerprint density at radius 1 is 1.29 bits per heavy atom. The first kappa shape index (κ1) is 10.0. The van der Waals surface area contributed by atoms with Crippen LogP contribution in [0.25, 0.3) is 0 Å². The normalized spacial score (nSPS) is 21.3. The lowest BCUT2D eigenvalue weighted by molar-refractivity contribution is -0.143. The van der Waals surface area contributed by atoms with Crippen LogP contribution in [0.15, 0.2) is 0 Å². The molecule has 0 N–H and O–H groups in total. The van der Waals surface area contributed by atoms with Gasteiger partial charge in [-0.05, 0) is 56.8 Å². The van der Waals surface area contributed by atoms with Gasteiger partial charge in [0.15, 0.2) is 0 Å². The molecule has 2 rings (SSSR count). The van der Waals surface area contributed by atoms with Gasteiger partial charge >= 0.3 is 5.97 Å². The fourth-order valence-electron chi connectivity index (χ4n) is 2.42. The van der Waals surface area contributed by atoms with Crippen LogP contribution in [0, 0.1) is 17.8 Å². The van der Waals surface area contributed by atoms with Gasteiger partial charge in [-0.3, -0.25) is 4.79 Å². The van der Waals surface area contributed by atoms with E-state index in [2.05, 4.69) is 0 Å². The second kappa shape index (κ2) is 4.33. The molecule has 0 amide bonds. The van der Waals surface area contributed by atoms with Gasteiger partial charge in [-0.2, -0.15) is 0 Å². The van der Waals surface area contributed by atoms with Crippen LogP contribution in [0.4, 0.5) is 0 Å². The van der Waals surface area contributed by atoms with E-state index >= 15 is 0 Å². The van der Waals surface area contributed by atoms with E-state index in [0.29, 0.717) is 13.0 Å². The van der Waals surface area contributed by atoms with E-state index in [0.717, 1.165) is 24.2 Å². The van der Waals surface area contributed by atoms with E-state index in [1.165, 1.54) is 25.7 Å². The van der Waals surface area contributed by atoms with E-state index in [1.807, 2.05) is 6.92 Å². The third-order valence-corrected chi connectivity index (χ3v) is 3.44. The maximum atomic E-state index is 11.2. The molecule has 0 atom stereocenters. The Morgan fingerprint density at radius 2 is 1.86 bits per heavy atom. The zero-order valence-electron chi connectivity index (χ0n) is 9.00. The van der Waals surface area contributed by atoms with Crippen LogP contribution in [0.3, 0.4) is 0 Å². The highest BCUT2D eigenvalue weighted by molar-refractivity contribution is 5.69. The quantitative estimate of drug-likeness (QED) is 0.611. The van der Waals surface area contributed by atoms with Crippen LogP contribution < -0.4 is 0 Å². The lowest BCUT2D eigenvalue weighted by Crippen LogP contribution is -2.11. The second-order valence-corrected chi connectivity index (χ2v) is 4.68. The first-order chi connectivity index (χ1) is 6.81. The van der Waals surface area contributed by atoms with Crippen molar-refractivity contribution in [3.8, 4) is 0 Å². The summed E-state index contributed by atoms with van der Waals surface area (Å²) < 4.78 is 4.95. The molecule has 2 heteroatoms. The van der Waals surface area contributed by atoms with Gasteiger partial charge in [0.2, 0.25) is 0 Å². The molecule has 0 bridgehead atoms. The van der Waals surface area contributed by atoms with Gasteiger partial charge in [0, 0.05) is 6.42 Å². The molecule has 0 aromatic heterocycles. The SMILES string of the molecule is CCOC(=O)CCC(C1CC1)C1CC1. The zero-order valence-corrected chi connectivity index (χ0v) is 9.00. The predicted molar refractivity (Wildman–Crippen MR) is 54.8 cm³/mol. The molecule has 0 aromatic rings. The van der Waals surface area contributed by atoms with Gasteiger partial charge in [0.1, 0.15) is 0 Å². The Morgan fingerprint density at radius 3 is 2.29 bits per heavy atom. The molecule has 0 aromatic carbocycles. The lowest BCUT2D eigenvalue weighted by Gasteiger charge is -2.14. The van der Waals surface area contributed by atoms with Crippen molar-refractivity contribution < 1.29 is 9.53 Å². The molecule has 0 unspecified atom stereocenters. The van der Waals surface area contributed by atoms with Gasteiger partial charge in [0.05, 0.1) is 6.61 Å². The van der Waals surface area contributed by atoms with Gasteiger partial charge < -0.3 is 4.74 Å². The minimum Gasteiger partial charge on any atom is -0.466 e. The van der Waals surface area contributed by atoms with E-state index in [4.69, 9.17) is 4.74 Å². The van der Waals surface area contributed by atoms with Crippen LogP contribution in [-0.4, -0.2) is 12.6 Å². The topological polar surface area (TPSA) is 26.3 Å². The van der Waals surface area contributed by atoms with Crippen molar-refractivity contribution in [3.05, 3.63) is 0 Å². The Bertz CT molecular complexity index is 192. The van der Waals surface area contributed by atoms with Crippen molar-refractivity contribution in [2.24, 2.45) is 17.8 Å². The molecule has 0 saturated heterocycles. The van der Waals surface area contributed by atoms with Crippen LogP contribution in [0.5, 0.6) is 0 Å². The Labute approximate surface area is 86.0 Å². The third-order valence-electron chi connectivity index (χ3n) is 3.44. The monoisotopic (exact) mass is 196 g/mol. The smallest absolute Gasteiger partial charge is 0.305 e. The van der Waals surface area contributed by atoms with E-state index < -0.39 is 0 Å². The average Bonchev–Trinajstić information content (AvgIpc) is 3.01. The first-order valence-corrected chi connectivity index (χ1v) is 5.97. The van der Waals surface area contributed by atoms with Crippen LogP contribution in [0.2, 0.25) is 0 Å². The van der Waals surface area contributed by atoms with Crippen molar-refractivity contribution in [1.29, 1.82) is 0 Å². The second-order valence-electron chi connectivity index (χ2n) is 4.68. The highest BCUT2D eigenvalue weighted by Crippen LogP contribution is 2.51. The molecule has 2 aliphatic carbocycles. The largest absolute Gasteiger partial charge is 0.466 e. The molecular weight excluding hydrogens is 176 g/mol. The maximum Gasteiger partial charge on any atom is 0.305 e. The van der Waals surface area contributed by atoms with Gasteiger partial charge in [0.25, 0.3) is 0 Å². The van der Waals surface area contributed by atoms with Gasteiger partial charge in [-0.1, -0.05) is 0 Å². The summed E-state index contributed by atoms with van der Waals surface area (Å²) >= 11 is 0. The van der Waals surface area contributed by atoms with Crippen molar-refractivity contribution in [3.63, 3.8) is 0 Å². The number of carbonyl (C=O) groups excluding carboxylic acids is 1. The Balaban J connectivity index is 1.68. The summed E-state index contributed by atoms with van der Waals surface area (Å²) in [6.45, 7) is 2.40. The molecule has 0 aliphatic heterocycles. The van der Waals surface area contributed by atoms with Crippen molar-refractivity contribution in [2.45, 2.75) is 45.4 Å². The molecule has 2 nitrogen and oxygen atoms in total. The summed E-state index contributed by atoms with van der Waals surface area (Å²) in [5.74, 6) is 2.76. The molecule has 0 heterocycles. The highest BCUT2D eigenvalue weighted by atomic mass is 16.5. The van der Waals surface area contributed by atoms with Gasteiger partial charge in [-0.15, -0.1) is 0 Å². The highest BCUT2D eigenvalue weighted by Gasteiger charge is 2.41. The fraction of sp³-hybridized carbons (Fsp3) is 0.917. The molecule has 0 radical (unpaired) electrons. The average molecular weight is 196 g/mol. The molecular formula is C12H20O2. The first-order valence-electron chi connectivity index (χ1n) is 5.97. The number of ether oxygens (including phenoxy) is 1. The number of esters is 1. The number of hydrogen-bond donors (Lipinski definition) is 0. The summed E-state index contributed by atoms with van der Waals surface area (Å²) in [6.07, 6.45) is 7.35. The molecule has 0 spiro atoms. The minimum atomic E-state index is -0.00111. The van der Waals surface area contributed by atoms with Crippen LogP contribution >= 0.6 is 0 Å². The van der Waals surface area contributed by atoms with E-state index in [1.54, 1.807) is 0 Å². The minimum absolute atomic E-state index is 0.00111. The zero-order chi connectivity index (χ0) is 9.97. The summed E-state index contributed by atoms with van der Waals surface area (Å²) in [4.78, 5) is 11.2. The maximum absolute atomic E-state index is 11.2. The fourth-order valence-corrected chi connectivity index (χ4v) is 2.42. The summed E-state index contributed by atoms with van der Waals surface area (Å²) in [5, 5.41) is 0. The number of carbonyl (C=O) groups is 1. The molecule has 2 aliphatic rings. The van der Waals surface area contributed by atoms with Crippen molar-refractivity contribution >= 4 is 5.97 Å². The lowest BCUT2D eigenvalue weighted by atomic mass is 9.93.